The van der Waals surface area contributed by atoms with Crippen LogP contribution in [0.5, 0.6) is 0 Å². The van der Waals surface area contributed by atoms with Crippen LogP contribution in [-0.4, -0.2) is 42.8 Å². The minimum Gasteiger partial charge on any atom is -0.339 e. The van der Waals surface area contributed by atoms with Gasteiger partial charge < -0.3 is 10.6 Å². The van der Waals surface area contributed by atoms with Gasteiger partial charge in [-0.05, 0) is 88.3 Å². The average Bonchev–Trinajstić information content (AvgIpc) is 3.74. The zero-order valence-corrected chi connectivity index (χ0v) is 20.1. The van der Waals surface area contributed by atoms with Crippen molar-refractivity contribution >= 4 is 17.5 Å². The average molecular weight is 474 g/mol. The van der Waals surface area contributed by atoms with Crippen LogP contribution in [0.2, 0.25) is 0 Å². The van der Waals surface area contributed by atoms with Crippen LogP contribution in [0.25, 0.3) is 11.3 Å². The van der Waals surface area contributed by atoms with Gasteiger partial charge in [-0.2, -0.15) is 10.2 Å². The molecule has 0 radical (unpaired) electrons. The first kappa shape index (κ1) is 22.0. The number of nitrogens with zero attached hydrogens (tertiary/aromatic N) is 4. The molecule has 3 aromatic rings. The molecule has 0 spiro atoms. The summed E-state index contributed by atoms with van der Waals surface area (Å²) in [4.78, 5) is 31.2. The molecule has 182 valence electrons. The first-order valence-corrected chi connectivity index (χ1v) is 12.6. The first-order chi connectivity index (χ1) is 17.0. The van der Waals surface area contributed by atoms with E-state index in [4.69, 9.17) is 0 Å². The summed E-state index contributed by atoms with van der Waals surface area (Å²) in [7, 11) is 0. The predicted molar refractivity (Wildman–Crippen MR) is 131 cm³/mol. The van der Waals surface area contributed by atoms with E-state index in [0.717, 1.165) is 61.2 Å². The lowest BCUT2D eigenvalue weighted by molar-refractivity contribution is -0.119. The zero-order valence-electron chi connectivity index (χ0n) is 20.1. The van der Waals surface area contributed by atoms with Gasteiger partial charge in [-0.3, -0.25) is 24.4 Å². The second-order valence-electron chi connectivity index (χ2n) is 10.3. The molecule has 0 bridgehead atoms. The van der Waals surface area contributed by atoms with Crippen LogP contribution >= 0.6 is 0 Å². The molecule has 0 aliphatic heterocycles. The maximum atomic E-state index is 13.5. The fourth-order valence-electron chi connectivity index (χ4n) is 5.21. The first-order valence-electron chi connectivity index (χ1n) is 12.6. The molecule has 35 heavy (non-hydrogen) atoms. The van der Waals surface area contributed by atoms with Gasteiger partial charge in [0.25, 0.3) is 5.91 Å². The molecule has 3 aliphatic carbocycles. The van der Waals surface area contributed by atoms with Crippen molar-refractivity contribution in [3.8, 4) is 11.3 Å². The van der Waals surface area contributed by atoms with Gasteiger partial charge in [0.15, 0.2) is 0 Å². The van der Waals surface area contributed by atoms with E-state index in [9.17, 15) is 9.59 Å². The Morgan fingerprint density at radius 2 is 1.80 bits per heavy atom. The lowest BCUT2D eigenvalue weighted by Crippen LogP contribution is -2.50. The molecule has 9 heteroatoms. The van der Waals surface area contributed by atoms with Crippen molar-refractivity contribution in [2.45, 2.75) is 64.5 Å². The Hall–Kier alpha value is -3.49. The van der Waals surface area contributed by atoms with Gasteiger partial charge in [-0.1, -0.05) is 0 Å². The molecular formula is C26H31N7O2. The number of pyridine rings is 1. The third kappa shape index (κ3) is 4.59. The number of rotatable bonds is 9. The fourth-order valence-corrected chi connectivity index (χ4v) is 5.21. The maximum absolute atomic E-state index is 13.5. The molecule has 6 rings (SSSR count). The van der Waals surface area contributed by atoms with Crippen molar-refractivity contribution in [1.82, 2.24) is 30.3 Å². The van der Waals surface area contributed by atoms with Crippen molar-refractivity contribution < 1.29 is 9.59 Å². The third-order valence-electron chi connectivity index (χ3n) is 7.46. The quantitative estimate of drug-likeness (QED) is 0.437. The Bertz CT molecular complexity index is 1220. The number of anilines is 1. The molecule has 3 heterocycles. The van der Waals surface area contributed by atoms with Gasteiger partial charge in [0.05, 0.1) is 29.3 Å². The third-order valence-corrected chi connectivity index (χ3v) is 7.46. The highest BCUT2D eigenvalue weighted by atomic mass is 16.2. The van der Waals surface area contributed by atoms with Crippen LogP contribution in [0.4, 0.5) is 5.69 Å². The van der Waals surface area contributed by atoms with Gasteiger partial charge in [0.2, 0.25) is 5.91 Å². The van der Waals surface area contributed by atoms with Crippen LogP contribution in [0.1, 0.15) is 66.4 Å². The molecule has 2 amide bonds. The van der Waals surface area contributed by atoms with Crippen LogP contribution < -0.4 is 10.6 Å². The molecule has 0 saturated heterocycles. The highest BCUT2D eigenvalue weighted by Gasteiger charge is 2.48. The van der Waals surface area contributed by atoms with E-state index in [2.05, 4.69) is 30.9 Å². The van der Waals surface area contributed by atoms with E-state index in [1.165, 1.54) is 0 Å². The number of hydrogen-bond acceptors (Lipinski definition) is 5. The molecule has 0 aromatic carbocycles. The number of aromatic nitrogens is 5. The van der Waals surface area contributed by atoms with E-state index in [0.29, 0.717) is 29.3 Å². The zero-order chi connectivity index (χ0) is 24.1. The van der Waals surface area contributed by atoms with Crippen molar-refractivity contribution in [3.63, 3.8) is 0 Å². The summed E-state index contributed by atoms with van der Waals surface area (Å²) in [6.45, 7) is 3.90. The van der Waals surface area contributed by atoms with Crippen LogP contribution in [0.15, 0.2) is 30.6 Å². The molecule has 3 saturated carbocycles. The molecule has 3 N–H and O–H groups in total. The highest BCUT2D eigenvalue weighted by Crippen LogP contribution is 2.51. The maximum Gasteiger partial charge on any atom is 0.272 e. The number of aryl methyl sites for hydroxylation is 2. The monoisotopic (exact) mass is 473 g/mol. The molecule has 3 aliphatic rings. The SMILES string of the molecule is Cc1n[nH]c(C)c1-c1ccc(NC(=O)[C@@H](NC(=O)c2ccn(C3CC3)n2)C(C2CC2)C2CC2)cn1. The number of carbonyl (C=O) groups excluding carboxylic acids is 2. The Labute approximate surface area is 204 Å². The second kappa shape index (κ2) is 8.62. The number of aromatic amines is 1. The molecule has 3 fully saturated rings. The summed E-state index contributed by atoms with van der Waals surface area (Å²) < 4.78 is 1.86. The Morgan fingerprint density at radius 3 is 2.37 bits per heavy atom. The standard InChI is InChI=1S/C26H31N7O2/c1-14-22(15(2)31-30-14)20-10-7-18(13-27-20)28-26(35)24(23(16-3-4-16)17-5-6-17)29-25(34)21-11-12-33(32-21)19-8-9-19/h7,10-13,16-17,19,23-24H,3-6,8-9H2,1-2H3,(H,28,35)(H,29,34)(H,30,31)/t24-/m0/s1. The van der Waals surface area contributed by atoms with Crippen molar-refractivity contribution in [2.24, 2.45) is 17.8 Å². The van der Waals surface area contributed by atoms with E-state index < -0.39 is 6.04 Å². The van der Waals surface area contributed by atoms with Crippen LogP contribution in [-0.2, 0) is 4.79 Å². The number of hydrogen-bond donors (Lipinski definition) is 3. The van der Waals surface area contributed by atoms with Gasteiger partial charge in [-0.15, -0.1) is 0 Å². The minimum absolute atomic E-state index is 0.160. The molecular weight excluding hydrogens is 442 g/mol. The van der Waals surface area contributed by atoms with Crippen molar-refractivity contribution in [1.29, 1.82) is 0 Å². The largest absolute Gasteiger partial charge is 0.339 e. The Morgan fingerprint density at radius 1 is 1.06 bits per heavy atom. The summed E-state index contributed by atoms with van der Waals surface area (Å²) in [6, 6.07) is 5.30. The van der Waals surface area contributed by atoms with E-state index >= 15 is 0 Å². The van der Waals surface area contributed by atoms with Crippen LogP contribution in [0, 0.1) is 31.6 Å². The Balaban J connectivity index is 1.20. The number of H-pyrrole nitrogens is 1. The highest BCUT2D eigenvalue weighted by molar-refractivity contribution is 6.00. The van der Waals surface area contributed by atoms with Gasteiger partial charge >= 0.3 is 0 Å². The summed E-state index contributed by atoms with van der Waals surface area (Å²) in [5.41, 5.74) is 4.60. The van der Waals surface area contributed by atoms with Gasteiger partial charge in [0.1, 0.15) is 11.7 Å². The Kier molecular flexibility index (Phi) is 5.42. The molecule has 0 unspecified atom stereocenters. The number of amides is 2. The summed E-state index contributed by atoms with van der Waals surface area (Å²) >= 11 is 0. The molecule has 1 atom stereocenters. The summed E-state index contributed by atoms with van der Waals surface area (Å²) in [5.74, 6) is 0.683. The van der Waals surface area contributed by atoms with E-state index in [1.54, 1.807) is 12.3 Å². The fraction of sp³-hybridized carbons (Fsp3) is 0.500. The minimum atomic E-state index is -0.591. The smallest absolute Gasteiger partial charge is 0.272 e. The predicted octanol–water partition coefficient (Wildman–Crippen LogP) is 3.79. The van der Waals surface area contributed by atoms with E-state index in [-0.39, 0.29) is 17.7 Å². The van der Waals surface area contributed by atoms with Crippen molar-refractivity contribution in [2.75, 3.05) is 5.32 Å². The molecule has 9 nitrogen and oxygen atoms in total. The van der Waals surface area contributed by atoms with Crippen LogP contribution in [0.3, 0.4) is 0 Å². The second-order valence-corrected chi connectivity index (χ2v) is 10.3. The topological polar surface area (TPSA) is 118 Å². The number of carbonyl (C=O) groups is 2. The lowest BCUT2D eigenvalue weighted by Gasteiger charge is -2.27. The number of nitrogens with one attached hydrogen (secondary N) is 3. The summed E-state index contributed by atoms with van der Waals surface area (Å²) in [6.07, 6.45) is 10.2. The normalized spacial score (nSPS) is 18.5. The molecule has 3 aromatic heterocycles. The lowest BCUT2D eigenvalue weighted by atomic mass is 9.88. The van der Waals surface area contributed by atoms with Gasteiger partial charge in [0, 0.05) is 17.5 Å². The van der Waals surface area contributed by atoms with Crippen molar-refractivity contribution in [3.05, 3.63) is 47.7 Å². The van der Waals surface area contributed by atoms with Gasteiger partial charge in [-0.25, -0.2) is 0 Å². The summed E-state index contributed by atoms with van der Waals surface area (Å²) in [5, 5.41) is 17.7. The van der Waals surface area contributed by atoms with E-state index in [1.807, 2.05) is 36.9 Å².